The number of ether oxygens (including phenoxy) is 1. The number of halogens is 1. The maximum absolute atomic E-state index is 11.7. The number of hydrogen-bond donors (Lipinski definition) is 0. The summed E-state index contributed by atoms with van der Waals surface area (Å²) in [7, 11) is 0. The van der Waals surface area contributed by atoms with Gasteiger partial charge >= 0.3 is 5.97 Å². The first-order valence-electron chi connectivity index (χ1n) is 5.28. The molecule has 4 heteroatoms. The van der Waals surface area contributed by atoms with Crippen molar-refractivity contribution in [3.8, 4) is 0 Å². The second-order valence-corrected chi connectivity index (χ2v) is 5.15. The van der Waals surface area contributed by atoms with Crippen LogP contribution in [0.1, 0.15) is 36.7 Å². The van der Waals surface area contributed by atoms with Crippen molar-refractivity contribution in [1.29, 1.82) is 0 Å². The first-order chi connectivity index (χ1) is 7.78. The van der Waals surface area contributed by atoms with Crippen LogP contribution in [0.25, 0.3) is 0 Å². The molecule has 0 radical (unpaired) electrons. The van der Waals surface area contributed by atoms with Gasteiger partial charge in [-0.05, 0) is 50.1 Å². The average Bonchev–Trinajstić information content (AvgIpc) is 2.15. The largest absolute Gasteiger partial charge is 0.456 e. The molecule has 0 N–H and O–H groups in total. The molecule has 17 heavy (non-hydrogen) atoms. The van der Waals surface area contributed by atoms with E-state index >= 15 is 0 Å². The van der Waals surface area contributed by atoms with Crippen molar-refractivity contribution in [3.63, 3.8) is 0 Å². The molecule has 1 aromatic rings. The minimum absolute atomic E-state index is 0.163. The summed E-state index contributed by atoms with van der Waals surface area (Å²) in [5.41, 5.74) is 0.727. The monoisotopic (exact) mass is 254 g/mol. The van der Waals surface area contributed by atoms with E-state index in [9.17, 15) is 9.59 Å². The van der Waals surface area contributed by atoms with Crippen molar-refractivity contribution >= 4 is 22.8 Å². The molecule has 3 nitrogen and oxygen atoms in total. The van der Waals surface area contributed by atoms with Crippen molar-refractivity contribution in [2.24, 2.45) is 0 Å². The number of carbonyl (C=O) groups is 2. The van der Waals surface area contributed by atoms with E-state index in [1.165, 1.54) is 0 Å². The molecule has 0 bridgehead atoms. The molecule has 0 aliphatic carbocycles. The molecule has 1 aromatic carbocycles. The smallest absolute Gasteiger partial charge is 0.338 e. The third kappa shape index (κ3) is 5.00. The standard InChI is InChI=1S/C13H15ClO3/c1-13(2,3)17-12(16)10-6-4-9(5-7-10)8-11(14)15/h4-7H,8H2,1-3H3. The van der Waals surface area contributed by atoms with E-state index < -0.39 is 10.8 Å². The fourth-order valence-corrected chi connectivity index (χ4v) is 1.41. The van der Waals surface area contributed by atoms with Crippen LogP contribution in [0.3, 0.4) is 0 Å². The third-order valence-electron chi connectivity index (χ3n) is 1.93. The van der Waals surface area contributed by atoms with Gasteiger partial charge in [-0.3, -0.25) is 4.79 Å². The Balaban J connectivity index is 2.74. The summed E-state index contributed by atoms with van der Waals surface area (Å²) >= 11 is 5.27. The van der Waals surface area contributed by atoms with E-state index in [-0.39, 0.29) is 12.4 Å². The zero-order valence-corrected chi connectivity index (χ0v) is 10.9. The normalized spacial score (nSPS) is 11.1. The van der Waals surface area contributed by atoms with E-state index in [0.717, 1.165) is 5.56 Å². The van der Waals surface area contributed by atoms with Gasteiger partial charge in [0, 0.05) is 6.42 Å². The Morgan fingerprint density at radius 1 is 1.18 bits per heavy atom. The van der Waals surface area contributed by atoms with Crippen LogP contribution in [-0.4, -0.2) is 16.8 Å². The third-order valence-corrected chi connectivity index (χ3v) is 2.07. The summed E-state index contributed by atoms with van der Waals surface area (Å²) in [5.74, 6) is -0.374. The lowest BCUT2D eigenvalue weighted by Crippen LogP contribution is -2.23. The Bertz CT molecular complexity index is 415. The van der Waals surface area contributed by atoms with Crippen molar-refractivity contribution in [2.75, 3.05) is 0 Å². The highest BCUT2D eigenvalue weighted by Crippen LogP contribution is 2.13. The second-order valence-electron chi connectivity index (χ2n) is 4.73. The Labute approximate surface area is 106 Å². The van der Waals surface area contributed by atoms with Crippen LogP contribution in [0.2, 0.25) is 0 Å². The van der Waals surface area contributed by atoms with Gasteiger partial charge in [0.1, 0.15) is 5.60 Å². The number of esters is 1. The van der Waals surface area contributed by atoms with Gasteiger partial charge in [-0.25, -0.2) is 4.79 Å². The molecule has 0 atom stereocenters. The SMILES string of the molecule is CC(C)(C)OC(=O)c1ccc(CC(=O)Cl)cc1. The van der Waals surface area contributed by atoms with Crippen LogP contribution in [0, 0.1) is 0 Å². The Hall–Kier alpha value is -1.35. The minimum atomic E-state index is -0.512. The van der Waals surface area contributed by atoms with Crippen LogP contribution in [-0.2, 0) is 16.0 Å². The molecule has 0 aliphatic heterocycles. The lowest BCUT2D eigenvalue weighted by atomic mass is 10.1. The van der Waals surface area contributed by atoms with Crippen molar-refractivity contribution in [1.82, 2.24) is 0 Å². The number of benzene rings is 1. The zero-order valence-electron chi connectivity index (χ0n) is 10.1. The highest BCUT2D eigenvalue weighted by atomic mass is 35.5. The van der Waals surface area contributed by atoms with Crippen LogP contribution in [0.15, 0.2) is 24.3 Å². The quantitative estimate of drug-likeness (QED) is 0.615. The second kappa shape index (κ2) is 5.32. The average molecular weight is 255 g/mol. The van der Waals surface area contributed by atoms with Crippen LogP contribution in [0.5, 0.6) is 0 Å². The van der Waals surface area contributed by atoms with Gasteiger partial charge in [0.15, 0.2) is 0 Å². The van der Waals surface area contributed by atoms with Gasteiger partial charge in [0.25, 0.3) is 0 Å². The molecular weight excluding hydrogens is 240 g/mol. The summed E-state index contributed by atoms with van der Waals surface area (Å²) in [6.07, 6.45) is 0.163. The molecule has 0 amide bonds. The highest BCUT2D eigenvalue weighted by Gasteiger charge is 2.17. The van der Waals surface area contributed by atoms with E-state index in [4.69, 9.17) is 16.3 Å². The maximum atomic E-state index is 11.7. The summed E-state index contributed by atoms with van der Waals surface area (Å²) in [5, 5.41) is -0.421. The first-order valence-corrected chi connectivity index (χ1v) is 5.66. The Morgan fingerprint density at radius 2 is 1.71 bits per heavy atom. The lowest BCUT2D eigenvalue weighted by Gasteiger charge is -2.19. The van der Waals surface area contributed by atoms with E-state index in [1.807, 2.05) is 20.8 Å². The number of hydrogen-bond acceptors (Lipinski definition) is 3. The van der Waals surface area contributed by atoms with Gasteiger partial charge < -0.3 is 4.74 Å². The molecule has 92 valence electrons. The zero-order chi connectivity index (χ0) is 13.1. The van der Waals surface area contributed by atoms with Gasteiger partial charge in [-0.1, -0.05) is 12.1 Å². The predicted molar refractivity (Wildman–Crippen MR) is 66.2 cm³/mol. The van der Waals surface area contributed by atoms with E-state index in [1.54, 1.807) is 24.3 Å². The Morgan fingerprint density at radius 3 is 2.12 bits per heavy atom. The van der Waals surface area contributed by atoms with Crippen LogP contribution < -0.4 is 0 Å². The number of rotatable bonds is 3. The minimum Gasteiger partial charge on any atom is -0.456 e. The summed E-state index contributed by atoms with van der Waals surface area (Å²) < 4.78 is 5.21. The fourth-order valence-electron chi connectivity index (χ4n) is 1.26. The highest BCUT2D eigenvalue weighted by molar-refractivity contribution is 6.63. The topological polar surface area (TPSA) is 43.4 Å². The molecule has 0 aromatic heterocycles. The molecular formula is C13H15ClO3. The predicted octanol–water partition coefficient (Wildman–Crippen LogP) is 2.95. The Kier molecular flexibility index (Phi) is 4.29. The van der Waals surface area contributed by atoms with Crippen LogP contribution in [0.4, 0.5) is 0 Å². The molecule has 0 spiro atoms. The van der Waals surface area contributed by atoms with Crippen molar-refractivity contribution in [2.45, 2.75) is 32.8 Å². The lowest BCUT2D eigenvalue weighted by molar-refractivity contribution is -0.111. The molecule has 0 aliphatic rings. The maximum Gasteiger partial charge on any atom is 0.338 e. The molecule has 0 saturated carbocycles. The van der Waals surface area contributed by atoms with Gasteiger partial charge in [-0.2, -0.15) is 0 Å². The first kappa shape index (κ1) is 13.7. The van der Waals surface area contributed by atoms with Crippen LogP contribution >= 0.6 is 11.6 Å². The molecule has 0 heterocycles. The van der Waals surface area contributed by atoms with Gasteiger partial charge in [0.2, 0.25) is 5.24 Å². The van der Waals surface area contributed by atoms with E-state index in [2.05, 4.69) is 0 Å². The van der Waals surface area contributed by atoms with Crippen molar-refractivity contribution in [3.05, 3.63) is 35.4 Å². The molecule has 0 unspecified atom stereocenters. The molecule has 0 saturated heterocycles. The summed E-state index contributed by atoms with van der Waals surface area (Å²) in [4.78, 5) is 22.4. The summed E-state index contributed by atoms with van der Waals surface area (Å²) in [6.45, 7) is 5.43. The molecule has 0 fully saturated rings. The van der Waals surface area contributed by atoms with Gasteiger partial charge in [0.05, 0.1) is 5.56 Å². The molecule has 1 rings (SSSR count). The van der Waals surface area contributed by atoms with Crippen molar-refractivity contribution < 1.29 is 14.3 Å². The fraction of sp³-hybridized carbons (Fsp3) is 0.385. The van der Waals surface area contributed by atoms with E-state index in [0.29, 0.717) is 5.56 Å². The van der Waals surface area contributed by atoms with Gasteiger partial charge in [-0.15, -0.1) is 0 Å². The summed E-state index contributed by atoms with van der Waals surface area (Å²) in [6, 6.07) is 6.64. The number of carbonyl (C=O) groups excluding carboxylic acids is 2.